The zero-order valence-corrected chi connectivity index (χ0v) is 8.27. The number of aliphatic hydroxyl groups is 1. The highest BCUT2D eigenvalue weighted by atomic mass is 16.6. The third-order valence-electron chi connectivity index (χ3n) is 2.07. The zero-order chi connectivity index (χ0) is 11.4. The number of hydrogen-bond donors (Lipinski definition) is 1. The first-order chi connectivity index (χ1) is 7.06. The Bertz CT molecular complexity index is 400. The summed E-state index contributed by atoms with van der Waals surface area (Å²) in [5, 5.41) is 19.4. The average Bonchev–Trinajstić information content (AvgIpc) is 2.18. The van der Waals surface area contributed by atoms with Crippen LogP contribution in [0.15, 0.2) is 18.2 Å². The van der Waals surface area contributed by atoms with Gasteiger partial charge in [-0.1, -0.05) is 12.1 Å². The van der Waals surface area contributed by atoms with Crippen molar-refractivity contribution in [3.8, 4) is 0 Å². The molecular weight excluding hydrogens is 198 g/mol. The Labute approximate surface area is 86.5 Å². The topological polar surface area (TPSA) is 80.4 Å². The number of nitro groups is 1. The molecule has 80 valence electrons. The molecule has 1 rings (SSSR count). The summed E-state index contributed by atoms with van der Waals surface area (Å²) in [4.78, 5) is 21.2. The molecule has 0 aromatic heterocycles. The molecule has 0 radical (unpaired) electrons. The molecular formula is C10H11NO4. The lowest BCUT2D eigenvalue weighted by atomic mass is 10.0. The molecule has 0 atom stereocenters. The number of aliphatic hydroxyl groups excluding tert-OH is 1. The highest BCUT2D eigenvalue weighted by molar-refractivity contribution is 5.94. The van der Waals surface area contributed by atoms with Gasteiger partial charge in [0.1, 0.15) is 0 Å². The molecule has 15 heavy (non-hydrogen) atoms. The van der Waals surface area contributed by atoms with Crippen molar-refractivity contribution in [3.63, 3.8) is 0 Å². The monoisotopic (exact) mass is 209 g/mol. The van der Waals surface area contributed by atoms with E-state index in [9.17, 15) is 14.9 Å². The van der Waals surface area contributed by atoms with Crippen LogP contribution in [0.2, 0.25) is 0 Å². The van der Waals surface area contributed by atoms with Crippen LogP contribution in [0.4, 0.5) is 5.69 Å². The van der Waals surface area contributed by atoms with Crippen LogP contribution < -0.4 is 0 Å². The Hall–Kier alpha value is -1.75. The second-order valence-electron chi connectivity index (χ2n) is 3.13. The van der Waals surface area contributed by atoms with Gasteiger partial charge in [-0.25, -0.2) is 0 Å². The molecule has 0 saturated heterocycles. The molecule has 0 unspecified atom stereocenters. The lowest BCUT2D eigenvalue weighted by Crippen LogP contribution is -2.01. The quantitative estimate of drug-likeness (QED) is 0.461. The lowest BCUT2D eigenvalue weighted by molar-refractivity contribution is -0.385. The Kier molecular flexibility index (Phi) is 3.51. The average molecular weight is 209 g/mol. The van der Waals surface area contributed by atoms with E-state index in [1.807, 2.05) is 0 Å². The van der Waals surface area contributed by atoms with Crippen molar-refractivity contribution in [2.45, 2.75) is 13.3 Å². The van der Waals surface area contributed by atoms with Crippen LogP contribution in [-0.2, 0) is 6.42 Å². The molecule has 0 aliphatic rings. The Morgan fingerprint density at radius 2 is 2.20 bits per heavy atom. The highest BCUT2D eigenvalue weighted by Gasteiger charge is 2.15. The summed E-state index contributed by atoms with van der Waals surface area (Å²) in [6.07, 6.45) is 0.217. The molecule has 1 aromatic rings. The van der Waals surface area contributed by atoms with Gasteiger partial charge in [0.15, 0.2) is 5.78 Å². The van der Waals surface area contributed by atoms with Gasteiger partial charge in [0.05, 0.1) is 4.92 Å². The van der Waals surface area contributed by atoms with Gasteiger partial charge in [0.2, 0.25) is 0 Å². The largest absolute Gasteiger partial charge is 0.396 e. The number of hydrogen-bond acceptors (Lipinski definition) is 4. The maximum absolute atomic E-state index is 11.0. The normalized spacial score (nSPS) is 10.0. The van der Waals surface area contributed by atoms with Crippen LogP contribution in [-0.4, -0.2) is 22.4 Å². The van der Waals surface area contributed by atoms with Crippen molar-refractivity contribution >= 4 is 11.5 Å². The van der Waals surface area contributed by atoms with Gasteiger partial charge in [-0.3, -0.25) is 14.9 Å². The smallest absolute Gasteiger partial charge is 0.273 e. The van der Waals surface area contributed by atoms with Crippen molar-refractivity contribution in [1.82, 2.24) is 0 Å². The van der Waals surface area contributed by atoms with Crippen molar-refractivity contribution in [2.75, 3.05) is 6.61 Å². The number of carbonyl (C=O) groups is 1. The lowest BCUT2D eigenvalue weighted by Gasteiger charge is -2.02. The fourth-order valence-corrected chi connectivity index (χ4v) is 1.28. The molecule has 0 aliphatic heterocycles. The maximum Gasteiger partial charge on any atom is 0.273 e. The van der Waals surface area contributed by atoms with E-state index < -0.39 is 4.92 Å². The number of carbonyl (C=O) groups excluding carboxylic acids is 1. The number of Topliss-reactive ketones (excluding diaryl/α,β-unsaturated/α-hetero) is 1. The van der Waals surface area contributed by atoms with E-state index in [0.717, 1.165) is 0 Å². The van der Waals surface area contributed by atoms with Gasteiger partial charge >= 0.3 is 0 Å². The molecule has 5 heteroatoms. The minimum atomic E-state index is -0.544. The minimum absolute atomic E-state index is 0.114. The summed E-state index contributed by atoms with van der Waals surface area (Å²) < 4.78 is 0. The molecule has 0 amide bonds. The van der Waals surface area contributed by atoms with Crippen LogP contribution in [0.5, 0.6) is 0 Å². The summed E-state index contributed by atoms with van der Waals surface area (Å²) >= 11 is 0. The molecule has 0 bridgehead atoms. The highest BCUT2D eigenvalue weighted by Crippen LogP contribution is 2.21. The zero-order valence-electron chi connectivity index (χ0n) is 8.27. The number of nitrogens with zero attached hydrogens (tertiary/aromatic N) is 1. The van der Waals surface area contributed by atoms with Gasteiger partial charge in [-0.15, -0.1) is 0 Å². The fraction of sp³-hybridized carbons (Fsp3) is 0.300. The molecule has 1 N–H and O–H groups in total. The van der Waals surface area contributed by atoms with E-state index >= 15 is 0 Å². The predicted octanol–water partition coefficient (Wildman–Crippen LogP) is 1.33. The minimum Gasteiger partial charge on any atom is -0.396 e. The van der Waals surface area contributed by atoms with Gasteiger partial charge in [0, 0.05) is 30.2 Å². The van der Waals surface area contributed by atoms with Crippen LogP contribution in [0.3, 0.4) is 0 Å². The fourth-order valence-electron chi connectivity index (χ4n) is 1.28. The van der Waals surface area contributed by atoms with Crippen LogP contribution in [0.25, 0.3) is 0 Å². The van der Waals surface area contributed by atoms with Gasteiger partial charge in [0.25, 0.3) is 5.69 Å². The van der Waals surface area contributed by atoms with Crippen LogP contribution >= 0.6 is 0 Å². The van der Waals surface area contributed by atoms with Gasteiger partial charge < -0.3 is 5.11 Å². The first-order valence-corrected chi connectivity index (χ1v) is 4.45. The summed E-state index contributed by atoms with van der Waals surface area (Å²) in [6, 6.07) is 4.28. The number of nitro benzene ring substituents is 1. The predicted molar refractivity (Wildman–Crippen MR) is 53.9 cm³/mol. The Morgan fingerprint density at radius 3 is 2.67 bits per heavy atom. The van der Waals surface area contributed by atoms with E-state index in [0.29, 0.717) is 11.1 Å². The van der Waals surface area contributed by atoms with E-state index in [4.69, 9.17) is 5.11 Å². The van der Waals surface area contributed by atoms with E-state index in [1.54, 1.807) is 0 Å². The van der Waals surface area contributed by atoms with Crippen LogP contribution in [0.1, 0.15) is 22.8 Å². The Morgan fingerprint density at radius 1 is 1.53 bits per heavy atom. The van der Waals surface area contributed by atoms with Crippen molar-refractivity contribution in [1.29, 1.82) is 0 Å². The summed E-state index contributed by atoms with van der Waals surface area (Å²) in [5.41, 5.74) is 0.632. The third kappa shape index (κ3) is 2.60. The van der Waals surface area contributed by atoms with Crippen LogP contribution in [0, 0.1) is 10.1 Å². The second-order valence-corrected chi connectivity index (χ2v) is 3.13. The van der Waals surface area contributed by atoms with E-state index in [1.165, 1.54) is 25.1 Å². The first-order valence-electron chi connectivity index (χ1n) is 4.45. The first kappa shape index (κ1) is 11.3. The number of benzene rings is 1. The van der Waals surface area contributed by atoms with Crippen molar-refractivity contribution < 1.29 is 14.8 Å². The number of rotatable bonds is 4. The van der Waals surface area contributed by atoms with Crippen molar-refractivity contribution in [3.05, 3.63) is 39.4 Å². The standard InChI is InChI=1S/C10H11NO4/c1-7(13)9-3-2-8(4-5-12)10(6-9)11(14)15/h2-3,6,12H,4-5H2,1H3. The third-order valence-corrected chi connectivity index (χ3v) is 2.07. The molecule has 5 nitrogen and oxygen atoms in total. The number of ketones is 1. The SMILES string of the molecule is CC(=O)c1ccc(CCO)c([N+](=O)[O-])c1. The van der Waals surface area contributed by atoms with E-state index in [2.05, 4.69) is 0 Å². The molecule has 0 fully saturated rings. The molecule has 0 spiro atoms. The summed E-state index contributed by atoms with van der Waals surface area (Å²) in [6.45, 7) is 1.20. The van der Waals surface area contributed by atoms with E-state index in [-0.39, 0.29) is 24.5 Å². The van der Waals surface area contributed by atoms with Gasteiger partial charge in [-0.05, 0) is 6.92 Å². The molecule has 0 aliphatic carbocycles. The molecule has 0 heterocycles. The Balaban J connectivity index is 3.20. The summed E-state index contributed by atoms with van der Waals surface area (Å²) in [5.74, 6) is -0.214. The maximum atomic E-state index is 11.0. The summed E-state index contributed by atoms with van der Waals surface area (Å²) in [7, 11) is 0. The van der Waals surface area contributed by atoms with Gasteiger partial charge in [-0.2, -0.15) is 0 Å². The molecule has 1 aromatic carbocycles. The molecule has 0 saturated carbocycles. The second kappa shape index (κ2) is 4.65. The van der Waals surface area contributed by atoms with Crippen molar-refractivity contribution in [2.24, 2.45) is 0 Å².